The highest BCUT2D eigenvalue weighted by molar-refractivity contribution is 7.13. The van der Waals surface area contributed by atoms with Gasteiger partial charge in [0.1, 0.15) is 5.01 Å². The Labute approximate surface area is 158 Å². The minimum Gasteiger partial charge on any atom is -0.326 e. The molecule has 0 aliphatic heterocycles. The molecule has 140 valence electrons. The summed E-state index contributed by atoms with van der Waals surface area (Å²) in [5.41, 5.74) is 3.32. The topological polar surface area (TPSA) is 42.0 Å². The van der Waals surface area contributed by atoms with Gasteiger partial charge in [0, 0.05) is 16.6 Å². The molecule has 1 amide bonds. The van der Waals surface area contributed by atoms with E-state index in [-0.39, 0.29) is 12.3 Å². The van der Waals surface area contributed by atoms with Crippen LogP contribution in [0.25, 0.3) is 10.6 Å². The Hall–Kier alpha value is -2.67. The Morgan fingerprint density at radius 1 is 1.11 bits per heavy atom. The van der Waals surface area contributed by atoms with Crippen molar-refractivity contribution in [3.8, 4) is 10.6 Å². The second-order valence-electron chi connectivity index (χ2n) is 6.26. The fourth-order valence-corrected chi connectivity index (χ4v) is 3.46. The lowest BCUT2D eigenvalue weighted by Crippen LogP contribution is -2.15. The Balaban J connectivity index is 1.68. The number of aryl methyl sites for hydroxylation is 2. The van der Waals surface area contributed by atoms with Crippen molar-refractivity contribution in [3.05, 3.63) is 70.2 Å². The molecule has 3 aromatic rings. The number of hydrogen-bond acceptors (Lipinski definition) is 3. The van der Waals surface area contributed by atoms with Crippen molar-refractivity contribution >= 4 is 22.9 Å². The van der Waals surface area contributed by atoms with Gasteiger partial charge in [-0.15, -0.1) is 11.3 Å². The van der Waals surface area contributed by atoms with Gasteiger partial charge in [-0.2, -0.15) is 13.2 Å². The number of halogens is 3. The first-order valence-corrected chi connectivity index (χ1v) is 9.09. The number of hydrogen-bond donors (Lipinski definition) is 1. The standard InChI is InChI=1S/C20H17F3N2OS/c1-12-3-8-17(13(2)9-12)25-18(26)10-16-11-27-19(24-16)14-4-6-15(7-5-14)20(21,22)23/h3-9,11H,10H2,1-2H3,(H,25,26). The summed E-state index contributed by atoms with van der Waals surface area (Å²) < 4.78 is 37.9. The number of carbonyl (C=O) groups excluding carboxylic acids is 1. The molecule has 0 bridgehead atoms. The number of amides is 1. The summed E-state index contributed by atoms with van der Waals surface area (Å²) in [4.78, 5) is 16.6. The van der Waals surface area contributed by atoms with Crippen molar-refractivity contribution in [1.29, 1.82) is 0 Å². The van der Waals surface area contributed by atoms with Crippen molar-refractivity contribution in [1.82, 2.24) is 4.98 Å². The van der Waals surface area contributed by atoms with Crippen LogP contribution in [-0.4, -0.2) is 10.9 Å². The molecule has 27 heavy (non-hydrogen) atoms. The van der Waals surface area contributed by atoms with E-state index in [1.165, 1.54) is 23.5 Å². The molecule has 0 radical (unpaired) electrons. The van der Waals surface area contributed by atoms with Crippen molar-refractivity contribution in [2.45, 2.75) is 26.4 Å². The molecular weight excluding hydrogens is 373 g/mol. The molecular formula is C20H17F3N2OS. The number of anilines is 1. The Bertz CT molecular complexity index is 962. The second-order valence-corrected chi connectivity index (χ2v) is 7.12. The largest absolute Gasteiger partial charge is 0.416 e. The molecule has 1 heterocycles. The second kappa shape index (κ2) is 7.52. The molecule has 3 nitrogen and oxygen atoms in total. The summed E-state index contributed by atoms with van der Waals surface area (Å²) >= 11 is 1.30. The van der Waals surface area contributed by atoms with Crippen LogP contribution in [0, 0.1) is 13.8 Å². The van der Waals surface area contributed by atoms with E-state index in [2.05, 4.69) is 10.3 Å². The van der Waals surface area contributed by atoms with Gasteiger partial charge in [0.25, 0.3) is 0 Å². The van der Waals surface area contributed by atoms with Gasteiger partial charge in [-0.1, -0.05) is 29.8 Å². The van der Waals surface area contributed by atoms with E-state index in [1.54, 1.807) is 5.38 Å². The summed E-state index contributed by atoms with van der Waals surface area (Å²) in [6.45, 7) is 3.91. The zero-order valence-corrected chi connectivity index (χ0v) is 15.5. The minimum atomic E-state index is -4.36. The maximum atomic E-state index is 12.6. The molecule has 0 spiro atoms. The van der Waals surface area contributed by atoms with Crippen LogP contribution in [0.15, 0.2) is 47.8 Å². The zero-order chi connectivity index (χ0) is 19.6. The van der Waals surface area contributed by atoms with Crippen LogP contribution < -0.4 is 5.32 Å². The highest BCUT2D eigenvalue weighted by Gasteiger charge is 2.30. The van der Waals surface area contributed by atoms with E-state index in [0.29, 0.717) is 16.3 Å². The Kier molecular flexibility index (Phi) is 5.32. The van der Waals surface area contributed by atoms with Crippen LogP contribution in [0.5, 0.6) is 0 Å². The van der Waals surface area contributed by atoms with Gasteiger partial charge < -0.3 is 5.32 Å². The quantitative estimate of drug-likeness (QED) is 0.628. The minimum absolute atomic E-state index is 0.102. The molecule has 2 aromatic carbocycles. The number of thiazole rings is 1. The lowest BCUT2D eigenvalue weighted by atomic mass is 10.1. The average Bonchev–Trinajstić information content (AvgIpc) is 3.05. The molecule has 3 rings (SSSR count). The van der Waals surface area contributed by atoms with Crippen molar-refractivity contribution in [2.75, 3.05) is 5.32 Å². The third kappa shape index (κ3) is 4.74. The smallest absolute Gasteiger partial charge is 0.326 e. The molecule has 0 saturated heterocycles. The average molecular weight is 390 g/mol. The van der Waals surface area contributed by atoms with E-state index in [4.69, 9.17) is 0 Å². The van der Waals surface area contributed by atoms with Crippen molar-refractivity contribution in [2.24, 2.45) is 0 Å². The van der Waals surface area contributed by atoms with Gasteiger partial charge in [0.2, 0.25) is 5.91 Å². The van der Waals surface area contributed by atoms with Crippen molar-refractivity contribution < 1.29 is 18.0 Å². The molecule has 0 saturated carbocycles. The Morgan fingerprint density at radius 2 is 1.81 bits per heavy atom. The lowest BCUT2D eigenvalue weighted by Gasteiger charge is -2.08. The predicted molar refractivity (Wildman–Crippen MR) is 101 cm³/mol. The fourth-order valence-electron chi connectivity index (χ4n) is 2.64. The van der Waals surface area contributed by atoms with Gasteiger partial charge in [-0.05, 0) is 37.6 Å². The number of benzene rings is 2. The number of carbonyl (C=O) groups is 1. The van der Waals surface area contributed by atoms with E-state index in [1.807, 2.05) is 32.0 Å². The number of nitrogens with one attached hydrogen (secondary N) is 1. The first-order valence-electron chi connectivity index (χ1n) is 8.21. The van der Waals surface area contributed by atoms with Crippen LogP contribution in [-0.2, 0) is 17.4 Å². The lowest BCUT2D eigenvalue weighted by molar-refractivity contribution is -0.137. The fraction of sp³-hybridized carbons (Fsp3) is 0.200. The molecule has 7 heteroatoms. The van der Waals surface area contributed by atoms with Gasteiger partial charge >= 0.3 is 6.18 Å². The SMILES string of the molecule is Cc1ccc(NC(=O)Cc2csc(-c3ccc(C(F)(F)F)cc3)n2)c(C)c1. The first kappa shape index (κ1) is 19.1. The predicted octanol–water partition coefficient (Wildman–Crippen LogP) is 5.63. The monoisotopic (exact) mass is 390 g/mol. The normalized spacial score (nSPS) is 11.4. The molecule has 0 atom stereocenters. The van der Waals surface area contributed by atoms with Gasteiger partial charge in [0.05, 0.1) is 17.7 Å². The molecule has 1 N–H and O–H groups in total. The molecule has 0 aliphatic carbocycles. The highest BCUT2D eigenvalue weighted by atomic mass is 32.1. The summed E-state index contributed by atoms with van der Waals surface area (Å²) in [6, 6.07) is 10.6. The van der Waals surface area contributed by atoms with Crippen molar-refractivity contribution in [3.63, 3.8) is 0 Å². The first-order chi connectivity index (χ1) is 12.7. The number of rotatable bonds is 4. The molecule has 0 fully saturated rings. The zero-order valence-electron chi connectivity index (χ0n) is 14.7. The van der Waals surface area contributed by atoms with Gasteiger partial charge in [-0.25, -0.2) is 4.98 Å². The third-order valence-corrected chi connectivity index (χ3v) is 4.95. The molecule has 0 aliphatic rings. The van der Waals surface area contributed by atoms with Crippen LogP contribution >= 0.6 is 11.3 Å². The number of aromatic nitrogens is 1. The van der Waals surface area contributed by atoms with Crippen LogP contribution in [0.1, 0.15) is 22.4 Å². The van der Waals surface area contributed by atoms with E-state index >= 15 is 0 Å². The third-order valence-electron chi connectivity index (χ3n) is 4.01. The van der Waals surface area contributed by atoms with Gasteiger partial charge in [0.15, 0.2) is 0 Å². The van der Waals surface area contributed by atoms with Crippen LogP contribution in [0.3, 0.4) is 0 Å². The number of nitrogens with zero attached hydrogens (tertiary/aromatic N) is 1. The molecule has 1 aromatic heterocycles. The number of alkyl halides is 3. The summed E-state index contributed by atoms with van der Waals surface area (Å²) in [5, 5.41) is 5.19. The summed E-state index contributed by atoms with van der Waals surface area (Å²) in [7, 11) is 0. The Morgan fingerprint density at radius 3 is 2.44 bits per heavy atom. The maximum Gasteiger partial charge on any atom is 0.416 e. The van der Waals surface area contributed by atoms with Gasteiger partial charge in [-0.3, -0.25) is 4.79 Å². The summed E-state index contributed by atoms with van der Waals surface area (Å²) in [6.07, 6.45) is -4.26. The maximum absolute atomic E-state index is 12.6. The van der Waals surface area contributed by atoms with E-state index < -0.39 is 11.7 Å². The van der Waals surface area contributed by atoms with E-state index in [9.17, 15) is 18.0 Å². The molecule has 0 unspecified atom stereocenters. The van der Waals surface area contributed by atoms with Crippen LogP contribution in [0.4, 0.5) is 18.9 Å². The highest BCUT2D eigenvalue weighted by Crippen LogP contribution is 2.31. The van der Waals surface area contributed by atoms with E-state index in [0.717, 1.165) is 28.9 Å². The summed E-state index contributed by atoms with van der Waals surface area (Å²) in [5.74, 6) is -0.189. The van der Waals surface area contributed by atoms with Crippen LogP contribution in [0.2, 0.25) is 0 Å².